The fourth-order valence-electron chi connectivity index (χ4n) is 2.45. The lowest BCUT2D eigenvalue weighted by Gasteiger charge is -2.27. The summed E-state index contributed by atoms with van der Waals surface area (Å²) in [6, 6.07) is 10.7. The monoisotopic (exact) mass is 318 g/mol. The zero-order valence-electron chi connectivity index (χ0n) is 11.9. The molecule has 0 unspecified atom stereocenters. The van der Waals surface area contributed by atoms with Crippen molar-refractivity contribution in [3.8, 4) is 5.75 Å². The molecule has 2 aromatic rings. The Bertz CT molecular complexity index is 636. The van der Waals surface area contributed by atoms with Gasteiger partial charge in [-0.3, -0.25) is 0 Å². The summed E-state index contributed by atoms with van der Waals surface area (Å²) in [7, 11) is 1.68. The fourth-order valence-corrected chi connectivity index (χ4v) is 3.33. The Morgan fingerprint density at radius 3 is 2.81 bits per heavy atom. The van der Waals surface area contributed by atoms with E-state index >= 15 is 0 Å². The summed E-state index contributed by atoms with van der Waals surface area (Å²) in [5.41, 5.74) is 7.91. The maximum Gasteiger partial charge on any atom is 0.120 e. The van der Waals surface area contributed by atoms with Crippen LogP contribution in [0.2, 0.25) is 0 Å². The highest BCUT2D eigenvalue weighted by Gasteiger charge is 2.31. The summed E-state index contributed by atoms with van der Waals surface area (Å²) in [5.74, 6) is 0.835. The lowest BCUT2D eigenvalue weighted by atomic mass is 10.1. The topological polar surface area (TPSA) is 38.5 Å². The van der Waals surface area contributed by atoms with Crippen LogP contribution in [0.25, 0.3) is 0 Å². The summed E-state index contributed by atoms with van der Waals surface area (Å²) in [6.07, 6.45) is 2.44. The van der Waals surface area contributed by atoms with E-state index in [1.54, 1.807) is 18.4 Å². The molecule has 0 atom stereocenters. The molecule has 1 aromatic carbocycles. The van der Waals surface area contributed by atoms with Gasteiger partial charge >= 0.3 is 0 Å². The van der Waals surface area contributed by atoms with Gasteiger partial charge in [-0.1, -0.05) is 18.3 Å². The van der Waals surface area contributed by atoms with Crippen LogP contribution in [0.5, 0.6) is 5.75 Å². The molecule has 1 aromatic heterocycles. The van der Waals surface area contributed by atoms with E-state index in [2.05, 4.69) is 22.4 Å². The number of ether oxygens (including phenoxy) is 1. The van der Waals surface area contributed by atoms with Crippen molar-refractivity contribution in [3.63, 3.8) is 0 Å². The number of nitrogens with two attached hydrogens (primary N) is 1. The van der Waals surface area contributed by atoms with Gasteiger partial charge in [0.1, 0.15) is 10.7 Å². The third-order valence-corrected chi connectivity index (χ3v) is 4.75. The highest BCUT2D eigenvalue weighted by Crippen LogP contribution is 2.37. The molecule has 1 heterocycles. The molecule has 1 fully saturated rings. The van der Waals surface area contributed by atoms with Crippen molar-refractivity contribution >= 4 is 34.2 Å². The molecule has 21 heavy (non-hydrogen) atoms. The maximum atomic E-state index is 5.90. The molecule has 0 amide bonds. The standard InChI is InChI=1S/C16H18N2OS2/c1-19-12-6-7-14(16(17)20)15(9-12)18(11-4-5-11)10-13-3-2-8-21-13/h2-3,6-9,11H,4-5,10H2,1H3,(H2,17,20). The quantitative estimate of drug-likeness (QED) is 0.827. The van der Waals surface area contributed by atoms with Crippen molar-refractivity contribution in [3.05, 3.63) is 46.2 Å². The molecule has 0 saturated heterocycles. The van der Waals surface area contributed by atoms with Gasteiger partial charge in [-0.25, -0.2) is 0 Å². The molecule has 1 saturated carbocycles. The first kappa shape index (κ1) is 14.4. The highest BCUT2D eigenvalue weighted by molar-refractivity contribution is 7.80. The molecular weight excluding hydrogens is 300 g/mol. The second-order valence-electron chi connectivity index (χ2n) is 5.19. The van der Waals surface area contributed by atoms with E-state index in [9.17, 15) is 0 Å². The van der Waals surface area contributed by atoms with Crippen LogP contribution in [0, 0.1) is 0 Å². The van der Waals surface area contributed by atoms with E-state index in [-0.39, 0.29) is 0 Å². The Morgan fingerprint density at radius 2 is 2.24 bits per heavy atom. The van der Waals surface area contributed by atoms with E-state index < -0.39 is 0 Å². The van der Waals surface area contributed by atoms with Gasteiger partial charge in [-0.2, -0.15) is 0 Å². The Labute approximate surface area is 134 Å². The van der Waals surface area contributed by atoms with E-state index in [1.807, 2.05) is 18.2 Å². The number of rotatable bonds is 6. The Balaban J connectivity index is 1.99. The fraction of sp³-hybridized carbons (Fsp3) is 0.312. The maximum absolute atomic E-state index is 5.90. The smallest absolute Gasteiger partial charge is 0.120 e. The molecule has 0 bridgehead atoms. The first-order chi connectivity index (χ1) is 10.2. The molecule has 0 aliphatic heterocycles. The second-order valence-corrected chi connectivity index (χ2v) is 6.66. The second kappa shape index (κ2) is 6.03. The Hall–Kier alpha value is -1.59. The molecule has 5 heteroatoms. The third kappa shape index (κ3) is 3.19. The molecule has 110 valence electrons. The van der Waals surface area contributed by atoms with Crippen LogP contribution in [0.4, 0.5) is 5.69 Å². The van der Waals surface area contributed by atoms with Crippen molar-refractivity contribution in [2.24, 2.45) is 5.73 Å². The molecule has 1 aliphatic carbocycles. The molecular formula is C16H18N2OS2. The first-order valence-electron chi connectivity index (χ1n) is 6.96. The largest absolute Gasteiger partial charge is 0.497 e. The molecule has 0 radical (unpaired) electrons. The van der Waals surface area contributed by atoms with E-state index in [1.165, 1.54) is 17.7 Å². The third-order valence-electron chi connectivity index (χ3n) is 3.67. The van der Waals surface area contributed by atoms with Gasteiger partial charge in [-0.15, -0.1) is 11.3 Å². The molecule has 1 aliphatic rings. The summed E-state index contributed by atoms with van der Waals surface area (Å²) in [6.45, 7) is 0.894. The zero-order valence-corrected chi connectivity index (χ0v) is 13.5. The lowest BCUT2D eigenvalue weighted by molar-refractivity contribution is 0.414. The van der Waals surface area contributed by atoms with Crippen LogP contribution < -0.4 is 15.4 Å². The van der Waals surface area contributed by atoms with Gasteiger partial charge in [-0.05, 0) is 36.4 Å². The van der Waals surface area contributed by atoms with Gasteiger partial charge in [0.2, 0.25) is 0 Å². The van der Waals surface area contributed by atoms with E-state index in [0.717, 1.165) is 23.5 Å². The van der Waals surface area contributed by atoms with Crippen LogP contribution in [-0.4, -0.2) is 18.1 Å². The van der Waals surface area contributed by atoms with E-state index in [4.69, 9.17) is 22.7 Å². The Kier molecular flexibility index (Phi) is 4.12. The molecule has 3 nitrogen and oxygen atoms in total. The van der Waals surface area contributed by atoms with E-state index in [0.29, 0.717) is 11.0 Å². The average molecular weight is 318 g/mol. The van der Waals surface area contributed by atoms with Crippen LogP contribution in [0.15, 0.2) is 35.7 Å². The van der Waals surface area contributed by atoms with Crippen molar-refractivity contribution in [1.82, 2.24) is 0 Å². The molecule has 3 rings (SSSR count). The van der Waals surface area contributed by atoms with Crippen molar-refractivity contribution in [2.75, 3.05) is 12.0 Å². The number of hydrogen-bond acceptors (Lipinski definition) is 4. The number of anilines is 1. The number of nitrogens with zero attached hydrogens (tertiary/aromatic N) is 1. The Morgan fingerprint density at radius 1 is 1.43 bits per heavy atom. The minimum atomic E-state index is 0.435. The predicted octanol–water partition coefficient (Wildman–Crippen LogP) is 3.56. The van der Waals surface area contributed by atoms with Crippen molar-refractivity contribution in [1.29, 1.82) is 0 Å². The number of methoxy groups -OCH3 is 1. The number of thiocarbonyl (C=S) groups is 1. The zero-order chi connectivity index (χ0) is 14.8. The molecule has 0 spiro atoms. The van der Waals surface area contributed by atoms with Gasteiger partial charge in [0.15, 0.2) is 0 Å². The minimum absolute atomic E-state index is 0.435. The van der Waals surface area contributed by atoms with Crippen LogP contribution >= 0.6 is 23.6 Å². The van der Waals surface area contributed by atoms with Crippen molar-refractivity contribution < 1.29 is 4.74 Å². The normalized spacial score (nSPS) is 14.0. The highest BCUT2D eigenvalue weighted by atomic mass is 32.1. The molecule has 2 N–H and O–H groups in total. The minimum Gasteiger partial charge on any atom is -0.497 e. The lowest BCUT2D eigenvalue weighted by Crippen LogP contribution is -2.27. The summed E-state index contributed by atoms with van der Waals surface area (Å²) in [5, 5.41) is 2.11. The summed E-state index contributed by atoms with van der Waals surface area (Å²) in [4.78, 5) is 4.19. The first-order valence-corrected chi connectivity index (χ1v) is 8.24. The number of thiophene rings is 1. The summed E-state index contributed by atoms with van der Waals surface area (Å²) >= 11 is 6.99. The van der Waals surface area contributed by atoms with Gasteiger partial charge in [0.05, 0.1) is 19.3 Å². The van der Waals surface area contributed by atoms with Crippen LogP contribution in [-0.2, 0) is 6.54 Å². The average Bonchev–Trinajstić information content (AvgIpc) is 3.20. The van der Waals surface area contributed by atoms with Crippen molar-refractivity contribution in [2.45, 2.75) is 25.4 Å². The van der Waals surface area contributed by atoms with Gasteiger partial charge in [0, 0.05) is 22.5 Å². The SMILES string of the molecule is COc1ccc(C(N)=S)c(N(Cc2cccs2)C2CC2)c1. The van der Waals surface area contributed by atoms with Crippen LogP contribution in [0.1, 0.15) is 23.3 Å². The number of benzene rings is 1. The van der Waals surface area contributed by atoms with Gasteiger partial charge in [0.25, 0.3) is 0 Å². The summed E-state index contributed by atoms with van der Waals surface area (Å²) < 4.78 is 5.37. The van der Waals surface area contributed by atoms with Gasteiger partial charge < -0.3 is 15.4 Å². The predicted molar refractivity (Wildman–Crippen MR) is 92.4 cm³/mol. The number of hydrogen-bond donors (Lipinski definition) is 1. The van der Waals surface area contributed by atoms with Crippen LogP contribution in [0.3, 0.4) is 0 Å².